The summed E-state index contributed by atoms with van der Waals surface area (Å²) in [6.07, 6.45) is 2.09. The van der Waals surface area contributed by atoms with E-state index in [1.165, 1.54) is 17.5 Å². The van der Waals surface area contributed by atoms with Gasteiger partial charge in [0.15, 0.2) is 6.29 Å². The van der Waals surface area contributed by atoms with Crippen molar-refractivity contribution in [1.82, 2.24) is 4.98 Å². The summed E-state index contributed by atoms with van der Waals surface area (Å²) >= 11 is 4.56. The van der Waals surface area contributed by atoms with Gasteiger partial charge in [-0.05, 0) is 28.1 Å². The summed E-state index contributed by atoms with van der Waals surface area (Å²) in [5.74, 6) is -0.570. The molecule has 0 saturated carbocycles. The second-order valence-corrected chi connectivity index (χ2v) is 4.55. The number of pyridine rings is 1. The van der Waals surface area contributed by atoms with E-state index in [4.69, 9.17) is 0 Å². The number of aromatic nitrogens is 1. The van der Waals surface area contributed by atoms with Gasteiger partial charge in [0, 0.05) is 27.2 Å². The van der Waals surface area contributed by atoms with Crippen molar-refractivity contribution in [2.75, 3.05) is 0 Å². The van der Waals surface area contributed by atoms with Crippen molar-refractivity contribution >= 4 is 33.6 Å². The van der Waals surface area contributed by atoms with Crippen LogP contribution in [-0.2, 0) is 0 Å². The van der Waals surface area contributed by atoms with Gasteiger partial charge in [0.05, 0.1) is 4.88 Å². The molecule has 0 aliphatic heterocycles. The zero-order valence-corrected chi connectivity index (χ0v) is 9.81. The van der Waals surface area contributed by atoms with Crippen molar-refractivity contribution in [3.05, 3.63) is 39.0 Å². The standard InChI is InChI=1S/C10H5BrFNOS/c11-7-5-15-8(4-14)9(7)6-2-1-3-13-10(6)12/h1-5H. The average Bonchev–Trinajstić information content (AvgIpc) is 2.60. The van der Waals surface area contributed by atoms with E-state index >= 15 is 0 Å². The summed E-state index contributed by atoms with van der Waals surface area (Å²) in [7, 11) is 0. The molecule has 0 amide bonds. The van der Waals surface area contributed by atoms with Crippen molar-refractivity contribution < 1.29 is 9.18 Å². The first-order chi connectivity index (χ1) is 7.24. The number of nitrogens with zero attached hydrogens (tertiary/aromatic N) is 1. The molecule has 2 aromatic heterocycles. The molecule has 2 nitrogen and oxygen atoms in total. The Labute approximate surface area is 97.9 Å². The molecular weight excluding hydrogens is 281 g/mol. The molecule has 2 rings (SSSR count). The Balaban J connectivity index is 2.68. The molecule has 0 spiro atoms. The van der Waals surface area contributed by atoms with E-state index in [9.17, 15) is 9.18 Å². The fourth-order valence-corrected chi connectivity index (χ4v) is 2.85. The molecule has 0 N–H and O–H groups in total. The van der Waals surface area contributed by atoms with Crippen LogP contribution in [-0.4, -0.2) is 11.3 Å². The number of carbonyl (C=O) groups excluding carboxylic acids is 1. The van der Waals surface area contributed by atoms with Gasteiger partial charge in [0.25, 0.3) is 0 Å². The summed E-state index contributed by atoms with van der Waals surface area (Å²) in [6.45, 7) is 0. The monoisotopic (exact) mass is 285 g/mol. The number of thiophene rings is 1. The molecule has 2 heterocycles. The van der Waals surface area contributed by atoms with Crippen LogP contribution in [0.3, 0.4) is 0 Å². The first-order valence-electron chi connectivity index (χ1n) is 4.07. The van der Waals surface area contributed by atoms with Crippen LogP contribution < -0.4 is 0 Å². The summed E-state index contributed by atoms with van der Waals surface area (Å²) in [6, 6.07) is 3.24. The fourth-order valence-electron chi connectivity index (χ4n) is 1.27. The van der Waals surface area contributed by atoms with Gasteiger partial charge in [-0.2, -0.15) is 4.39 Å². The zero-order chi connectivity index (χ0) is 10.8. The molecule has 0 aliphatic carbocycles. The maximum absolute atomic E-state index is 13.4. The van der Waals surface area contributed by atoms with E-state index in [0.717, 1.165) is 6.29 Å². The summed E-state index contributed by atoms with van der Waals surface area (Å²) in [5.41, 5.74) is 0.910. The third-order valence-electron chi connectivity index (χ3n) is 1.91. The quantitative estimate of drug-likeness (QED) is 0.624. The highest BCUT2D eigenvalue weighted by Crippen LogP contribution is 2.36. The van der Waals surface area contributed by atoms with Crippen LogP contribution in [0, 0.1) is 5.95 Å². The van der Waals surface area contributed by atoms with Crippen LogP contribution in [0.1, 0.15) is 9.67 Å². The molecule has 0 aromatic carbocycles. The Morgan fingerprint density at radius 1 is 1.53 bits per heavy atom. The molecule has 0 unspecified atom stereocenters. The van der Waals surface area contributed by atoms with Crippen molar-refractivity contribution in [1.29, 1.82) is 0 Å². The second-order valence-electron chi connectivity index (χ2n) is 2.78. The fraction of sp³-hybridized carbons (Fsp3) is 0. The second kappa shape index (κ2) is 4.20. The van der Waals surface area contributed by atoms with Crippen LogP contribution in [0.15, 0.2) is 28.2 Å². The number of halogens is 2. The lowest BCUT2D eigenvalue weighted by Gasteiger charge is -2.01. The predicted molar refractivity (Wildman–Crippen MR) is 60.6 cm³/mol. The molecule has 15 heavy (non-hydrogen) atoms. The normalized spacial score (nSPS) is 10.3. The van der Waals surface area contributed by atoms with Gasteiger partial charge in [0.2, 0.25) is 5.95 Å². The van der Waals surface area contributed by atoms with Crippen molar-refractivity contribution in [3.8, 4) is 11.1 Å². The number of aldehydes is 1. The molecule has 0 atom stereocenters. The van der Waals surface area contributed by atoms with Crippen LogP contribution in [0.2, 0.25) is 0 Å². The first-order valence-corrected chi connectivity index (χ1v) is 5.74. The SMILES string of the molecule is O=Cc1scc(Br)c1-c1cccnc1F. The number of rotatable bonds is 2. The van der Waals surface area contributed by atoms with Gasteiger partial charge in [0.1, 0.15) is 0 Å². The Kier molecular flexibility index (Phi) is 2.93. The van der Waals surface area contributed by atoms with Gasteiger partial charge < -0.3 is 0 Å². The largest absolute Gasteiger partial charge is 0.297 e. The average molecular weight is 286 g/mol. The molecule has 0 aliphatic rings. The predicted octanol–water partition coefficient (Wildman–Crippen LogP) is 3.52. The minimum absolute atomic E-state index is 0.340. The number of hydrogen-bond donors (Lipinski definition) is 0. The van der Waals surface area contributed by atoms with E-state index in [1.807, 2.05) is 0 Å². The Bertz CT molecular complexity index is 512. The molecule has 0 fully saturated rings. The van der Waals surface area contributed by atoms with Crippen LogP contribution >= 0.6 is 27.3 Å². The summed E-state index contributed by atoms with van der Waals surface area (Å²) in [5, 5.41) is 1.76. The number of hydrogen-bond acceptors (Lipinski definition) is 3. The maximum atomic E-state index is 13.4. The third kappa shape index (κ3) is 1.85. The van der Waals surface area contributed by atoms with E-state index in [2.05, 4.69) is 20.9 Å². The Morgan fingerprint density at radius 2 is 2.33 bits per heavy atom. The molecule has 76 valence electrons. The lowest BCUT2D eigenvalue weighted by atomic mass is 10.1. The minimum atomic E-state index is -0.570. The van der Waals surface area contributed by atoms with Crippen LogP contribution in [0.25, 0.3) is 11.1 Å². The molecule has 0 bridgehead atoms. The van der Waals surface area contributed by atoms with E-state index in [0.29, 0.717) is 20.5 Å². The third-order valence-corrected chi connectivity index (χ3v) is 3.75. The van der Waals surface area contributed by atoms with Crippen molar-refractivity contribution in [2.45, 2.75) is 0 Å². The smallest absolute Gasteiger partial charge is 0.220 e. The van der Waals surface area contributed by atoms with Gasteiger partial charge in [-0.3, -0.25) is 4.79 Å². The lowest BCUT2D eigenvalue weighted by Crippen LogP contribution is -1.89. The number of carbonyl (C=O) groups is 1. The van der Waals surface area contributed by atoms with Crippen LogP contribution in [0.4, 0.5) is 4.39 Å². The summed E-state index contributed by atoms with van der Waals surface area (Å²) in [4.78, 5) is 14.8. The van der Waals surface area contributed by atoms with Crippen molar-refractivity contribution in [2.24, 2.45) is 0 Å². The van der Waals surface area contributed by atoms with E-state index in [1.54, 1.807) is 17.5 Å². The molecule has 5 heteroatoms. The zero-order valence-electron chi connectivity index (χ0n) is 7.41. The molecule has 0 saturated heterocycles. The Morgan fingerprint density at radius 3 is 3.00 bits per heavy atom. The lowest BCUT2D eigenvalue weighted by molar-refractivity contribution is 0.112. The maximum Gasteiger partial charge on any atom is 0.220 e. The van der Waals surface area contributed by atoms with Crippen LogP contribution in [0.5, 0.6) is 0 Å². The van der Waals surface area contributed by atoms with Crippen molar-refractivity contribution in [3.63, 3.8) is 0 Å². The summed E-state index contributed by atoms with van der Waals surface area (Å²) < 4.78 is 14.1. The van der Waals surface area contributed by atoms with Gasteiger partial charge in [-0.1, -0.05) is 0 Å². The van der Waals surface area contributed by atoms with Gasteiger partial charge in [-0.15, -0.1) is 11.3 Å². The van der Waals surface area contributed by atoms with Gasteiger partial charge >= 0.3 is 0 Å². The van der Waals surface area contributed by atoms with Gasteiger partial charge in [-0.25, -0.2) is 4.98 Å². The molecule has 2 aromatic rings. The van der Waals surface area contributed by atoms with E-state index < -0.39 is 5.95 Å². The molecular formula is C10H5BrFNOS. The van der Waals surface area contributed by atoms with E-state index in [-0.39, 0.29) is 0 Å². The highest BCUT2D eigenvalue weighted by molar-refractivity contribution is 9.10. The first kappa shape index (κ1) is 10.4. The highest BCUT2D eigenvalue weighted by atomic mass is 79.9. The topological polar surface area (TPSA) is 30.0 Å². The minimum Gasteiger partial charge on any atom is -0.297 e. The Hall–Kier alpha value is -1.07. The molecule has 0 radical (unpaired) electrons. The highest BCUT2D eigenvalue weighted by Gasteiger charge is 2.15.